The summed E-state index contributed by atoms with van der Waals surface area (Å²) in [6.45, 7) is 1.87. The smallest absolute Gasteiger partial charge is 0.356 e. The van der Waals surface area contributed by atoms with E-state index in [0.29, 0.717) is 6.04 Å². The van der Waals surface area contributed by atoms with Crippen LogP contribution in [0.15, 0.2) is 12.4 Å². The SMILES string of the molecule is CN(C)C1CCN(c2cnc(C(=O)O)cn2)CC1. The van der Waals surface area contributed by atoms with Crippen LogP contribution in [-0.4, -0.2) is 59.2 Å². The monoisotopic (exact) mass is 250 g/mol. The number of carboxylic acid groups (broad SMARTS) is 1. The summed E-state index contributed by atoms with van der Waals surface area (Å²) in [6.07, 6.45) is 5.04. The molecule has 0 spiro atoms. The van der Waals surface area contributed by atoms with Gasteiger partial charge in [0.2, 0.25) is 0 Å². The van der Waals surface area contributed by atoms with E-state index in [4.69, 9.17) is 5.11 Å². The number of aromatic carboxylic acids is 1. The number of carbonyl (C=O) groups is 1. The molecule has 1 fully saturated rings. The van der Waals surface area contributed by atoms with Crippen molar-refractivity contribution in [2.75, 3.05) is 32.1 Å². The van der Waals surface area contributed by atoms with Crippen LogP contribution in [0.4, 0.5) is 5.82 Å². The molecule has 18 heavy (non-hydrogen) atoms. The zero-order valence-electron chi connectivity index (χ0n) is 10.7. The lowest BCUT2D eigenvalue weighted by molar-refractivity contribution is 0.0690. The van der Waals surface area contributed by atoms with Gasteiger partial charge < -0.3 is 14.9 Å². The van der Waals surface area contributed by atoms with E-state index in [0.717, 1.165) is 31.7 Å². The predicted molar refractivity (Wildman–Crippen MR) is 67.9 cm³/mol. The molecule has 0 aliphatic carbocycles. The van der Waals surface area contributed by atoms with Gasteiger partial charge in [-0.05, 0) is 26.9 Å². The van der Waals surface area contributed by atoms with Gasteiger partial charge in [-0.25, -0.2) is 14.8 Å². The molecule has 2 rings (SSSR count). The van der Waals surface area contributed by atoms with E-state index in [1.54, 1.807) is 6.20 Å². The second-order valence-corrected chi connectivity index (χ2v) is 4.75. The van der Waals surface area contributed by atoms with Crippen LogP contribution in [0.3, 0.4) is 0 Å². The molecule has 6 nitrogen and oxygen atoms in total. The average molecular weight is 250 g/mol. The predicted octanol–water partition coefficient (Wildman–Crippen LogP) is 0.705. The second kappa shape index (κ2) is 5.30. The quantitative estimate of drug-likeness (QED) is 0.852. The highest BCUT2D eigenvalue weighted by molar-refractivity contribution is 5.84. The minimum absolute atomic E-state index is 0.0121. The molecule has 98 valence electrons. The van der Waals surface area contributed by atoms with Gasteiger partial charge in [-0.2, -0.15) is 0 Å². The third-order valence-electron chi connectivity index (χ3n) is 3.38. The van der Waals surface area contributed by atoms with Crippen molar-refractivity contribution in [3.05, 3.63) is 18.1 Å². The maximum atomic E-state index is 10.7. The van der Waals surface area contributed by atoms with Gasteiger partial charge in [0.15, 0.2) is 5.69 Å². The normalized spacial score (nSPS) is 17.2. The summed E-state index contributed by atoms with van der Waals surface area (Å²) in [5, 5.41) is 8.76. The first-order valence-electron chi connectivity index (χ1n) is 6.04. The van der Waals surface area contributed by atoms with Crippen molar-refractivity contribution in [3.63, 3.8) is 0 Å². The lowest BCUT2D eigenvalue weighted by atomic mass is 10.0. The number of aromatic nitrogens is 2. The minimum atomic E-state index is -1.04. The highest BCUT2D eigenvalue weighted by Gasteiger charge is 2.21. The molecule has 2 heterocycles. The fourth-order valence-electron chi connectivity index (χ4n) is 2.21. The van der Waals surface area contributed by atoms with Gasteiger partial charge >= 0.3 is 5.97 Å². The van der Waals surface area contributed by atoms with Crippen molar-refractivity contribution >= 4 is 11.8 Å². The highest BCUT2D eigenvalue weighted by atomic mass is 16.4. The number of nitrogens with zero attached hydrogens (tertiary/aromatic N) is 4. The fourth-order valence-corrected chi connectivity index (χ4v) is 2.21. The minimum Gasteiger partial charge on any atom is -0.476 e. The van der Waals surface area contributed by atoms with Gasteiger partial charge in [0.25, 0.3) is 0 Å². The molecule has 0 amide bonds. The van der Waals surface area contributed by atoms with Gasteiger partial charge in [-0.15, -0.1) is 0 Å². The Balaban J connectivity index is 1.99. The lowest BCUT2D eigenvalue weighted by Gasteiger charge is -2.35. The Morgan fingerprint density at radius 1 is 1.33 bits per heavy atom. The zero-order chi connectivity index (χ0) is 13.1. The van der Waals surface area contributed by atoms with Gasteiger partial charge in [-0.3, -0.25) is 0 Å². The first-order valence-corrected chi connectivity index (χ1v) is 6.04. The Morgan fingerprint density at radius 2 is 2.00 bits per heavy atom. The van der Waals surface area contributed by atoms with Crippen molar-refractivity contribution in [3.8, 4) is 0 Å². The Morgan fingerprint density at radius 3 is 2.44 bits per heavy atom. The van der Waals surface area contributed by atoms with Crippen LogP contribution < -0.4 is 4.90 Å². The van der Waals surface area contributed by atoms with E-state index in [9.17, 15) is 4.79 Å². The molecule has 1 aliphatic rings. The van der Waals surface area contributed by atoms with E-state index in [1.807, 2.05) is 0 Å². The summed E-state index contributed by atoms with van der Waals surface area (Å²) in [7, 11) is 4.20. The van der Waals surface area contributed by atoms with Gasteiger partial charge in [-0.1, -0.05) is 0 Å². The lowest BCUT2D eigenvalue weighted by Crippen LogP contribution is -2.42. The molecule has 0 bridgehead atoms. The number of hydrogen-bond donors (Lipinski definition) is 1. The maximum absolute atomic E-state index is 10.7. The van der Waals surface area contributed by atoms with Crippen LogP contribution in [0, 0.1) is 0 Å². The van der Waals surface area contributed by atoms with Crippen molar-refractivity contribution < 1.29 is 9.90 Å². The van der Waals surface area contributed by atoms with Crippen molar-refractivity contribution in [1.82, 2.24) is 14.9 Å². The van der Waals surface area contributed by atoms with Gasteiger partial charge in [0.1, 0.15) is 5.82 Å². The van der Waals surface area contributed by atoms with Crippen molar-refractivity contribution in [1.29, 1.82) is 0 Å². The number of hydrogen-bond acceptors (Lipinski definition) is 5. The molecule has 0 atom stereocenters. The van der Waals surface area contributed by atoms with Gasteiger partial charge in [0, 0.05) is 19.1 Å². The maximum Gasteiger partial charge on any atom is 0.356 e. The van der Waals surface area contributed by atoms with Crippen LogP contribution in [0.25, 0.3) is 0 Å². The number of anilines is 1. The van der Waals surface area contributed by atoms with Crippen molar-refractivity contribution in [2.45, 2.75) is 18.9 Å². The third kappa shape index (κ3) is 2.76. The van der Waals surface area contributed by atoms with Crippen molar-refractivity contribution in [2.24, 2.45) is 0 Å². The van der Waals surface area contributed by atoms with E-state index in [1.165, 1.54) is 6.20 Å². The molecule has 0 unspecified atom stereocenters. The third-order valence-corrected chi connectivity index (χ3v) is 3.38. The van der Waals surface area contributed by atoms with E-state index < -0.39 is 5.97 Å². The van der Waals surface area contributed by atoms with Gasteiger partial charge in [0.05, 0.1) is 12.4 Å². The molecule has 1 N–H and O–H groups in total. The molecule has 0 saturated carbocycles. The van der Waals surface area contributed by atoms with Crippen LogP contribution in [-0.2, 0) is 0 Å². The average Bonchev–Trinajstić information content (AvgIpc) is 2.39. The summed E-state index contributed by atoms with van der Waals surface area (Å²) < 4.78 is 0. The van der Waals surface area contributed by atoms with Crippen LogP contribution >= 0.6 is 0 Å². The molecule has 0 aromatic carbocycles. The summed E-state index contributed by atoms with van der Waals surface area (Å²) in [6, 6.07) is 0.618. The summed E-state index contributed by atoms with van der Waals surface area (Å²) >= 11 is 0. The van der Waals surface area contributed by atoms with E-state index >= 15 is 0 Å². The summed E-state index contributed by atoms with van der Waals surface area (Å²) in [5.74, 6) is -0.280. The highest BCUT2D eigenvalue weighted by Crippen LogP contribution is 2.19. The molecule has 0 radical (unpaired) electrons. The molecule has 1 aromatic heterocycles. The summed E-state index contributed by atoms with van der Waals surface area (Å²) in [5.41, 5.74) is -0.0121. The Bertz CT molecular complexity index is 411. The standard InChI is InChI=1S/C12H18N4O2/c1-15(2)9-3-5-16(6-4-9)11-8-13-10(7-14-11)12(17)18/h7-9H,3-6H2,1-2H3,(H,17,18). The molecular formula is C12H18N4O2. The van der Waals surface area contributed by atoms with Crippen LogP contribution in [0.2, 0.25) is 0 Å². The summed E-state index contributed by atoms with van der Waals surface area (Å²) in [4.78, 5) is 23.1. The first kappa shape index (κ1) is 12.8. The van der Waals surface area contributed by atoms with Crippen LogP contribution in [0.1, 0.15) is 23.3 Å². The number of rotatable bonds is 3. The Kier molecular flexibility index (Phi) is 3.76. The topological polar surface area (TPSA) is 69.6 Å². The molecular weight excluding hydrogens is 232 g/mol. The fraction of sp³-hybridized carbons (Fsp3) is 0.583. The first-order chi connectivity index (χ1) is 8.58. The van der Waals surface area contributed by atoms with E-state index in [2.05, 4.69) is 33.9 Å². The Hall–Kier alpha value is -1.69. The van der Waals surface area contributed by atoms with E-state index in [-0.39, 0.29) is 5.69 Å². The molecule has 1 saturated heterocycles. The number of carboxylic acids is 1. The molecule has 1 aliphatic heterocycles. The molecule has 1 aromatic rings. The largest absolute Gasteiger partial charge is 0.476 e. The number of piperidine rings is 1. The second-order valence-electron chi connectivity index (χ2n) is 4.75. The Labute approximate surface area is 106 Å². The van der Waals surface area contributed by atoms with Crippen LogP contribution in [0.5, 0.6) is 0 Å². The molecule has 6 heteroatoms. The zero-order valence-corrected chi connectivity index (χ0v) is 10.7.